The molecule has 0 saturated carbocycles. The minimum Gasteiger partial charge on any atom is -0.545 e. The molecule has 0 aromatic rings. The van der Waals surface area contributed by atoms with Crippen molar-refractivity contribution in [3.63, 3.8) is 0 Å². The molecule has 0 aliphatic heterocycles. The second-order valence-electron chi connectivity index (χ2n) is 8.00. The summed E-state index contributed by atoms with van der Waals surface area (Å²) in [7, 11) is -2.72. The van der Waals surface area contributed by atoms with E-state index in [0.717, 1.165) is 0 Å². The summed E-state index contributed by atoms with van der Waals surface area (Å²) in [5.41, 5.74) is 0. The van der Waals surface area contributed by atoms with Gasteiger partial charge in [0.15, 0.2) is 0 Å². The van der Waals surface area contributed by atoms with E-state index in [1.165, 1.54) is 0 Å². The quantitative estimate of drug-likeness (QED) is 0.465. The van der Waals surface area contributed by atoms with Crippen LogP contribution < -0.4 is 0 Å². The second-order valence-corrected chi connectivity index (χ2v) is 8.00. The summed E-state index contributed by atoms with van der Waals surface area (Å²) in [4.78, 5) is 0. The van der Waals surface area contributed by atoms with E-state index in [1.807, 2.05) is 83.1 Å². The molecule has 0 radical (unpaired) electrons. The first kappa shape index (κ1) is 32.3. The van der Waals surface area contributed by atoms with Crippen molar-refractivity contribution < 1.29 is 27.9 Å². The van der Waals surface area contributed by atoms with Crippen molar-refractivity contribution in [3.05, 3.63) is 0 Å². The summed E-state index contributed by atoms with van der Waals surface area (Å²) in [6.07, 6.45) is 0.903. The van der Waals surface area contributed by atoms with Crippen LogP contribution in [0, 0.1) is 0 Å². The van der Waals surface area contributed by atoms with E-state index in [0.29, 0.717) is 0 Å². The molecule has 0 spiro atoms. The molecule has 0 N–H and O–H groups in total. The van der Waals surface area contributed by atoms with Crippen LogP contribution in [0.25, 0.3) is 0 Å². The molecule has 0 amide bonds. The van der Waals surface area contributed by atoms with Gasteiger partial charge >= 0.3 is 37.7 Å². The van der Waals surface area contributed by atoms with Crippen LogP contribution in [0.15, 0.2) is 0 Å². The fourth-order valence-electron chi connectivity index (χ4n) is 1.87. The Balaban J connectivity index is -0.000000411. The second kappa shape index (κ2) is 18.7. The molecule has 9 heteroatoms. The van der Waals surface area contributed by atoms with Crippen LogP contribution in [0.1, 0.15) is 83.1 Å². The molecule has 0 atom stereocenters. The molecule has 0 bridgehead atoms. The van der Waals surface area contributed by atoms with E-state index in [1.54, 1.807) is 0 Å². The van der Waals surface area contributed by atoms with Crippen molar-refractivity contribution in [1.29, 1.82) is 0 Å². The molecule has 0 fully saturated rings. The smallest absolute Gasteiger partial charge is 0.545 e. The van der Waals surface area contributed by atoms with Crippen LogP contribution >= 0.6 is 0 Å². The van der Waals surface area contributed by atoms with E-state index in [-0.39, 0.29) is 59.7 Å². The van der Waals surface area contributed by atoms with E-state index in [9.17, 15) is 0 Å². The molecule has 0 saturated heterocycles. The molecule has 0 aliphatic carbocycles. The molecule has 0 aromatic carbocycles. The Morgan fingerprint density at radius 2 is 0.444 bits per heavy atom. The Kier molecular flexibility index (Phi) is 22.4. The van der Waals surface area contributed by atoms with Gasteiger partial charge in [0.2, 0.25) is 0 Å². The normalized spacial score (nSPS) is 12.0. The van der Waals surface area contributed by atoms with Gasteiger partial charge in [-0.25, -0.2) is 0 Å². The van der Waals surface area contributed by atoms with Gasteiger partial charge in [-0.3, -0.25) is 0 Å². The summed E-state index contributed by atoms with van der Waals surface area (Å²) in [5.74, 6) is 0. The van der Waals surface area contributed by atoms with Crippen molar-refractivity contribution in [2.45, 2.75) is 120 Å². The van der Waals surface area contributed by atoms with Gasteiger partial charge in [0.05, 0.1) is 0 Å². The third kappa shape index (κ3) is 26.7. The maximum absolute atomic E-state index is 5.51. The van der Waals surface area contributed by atoms with Crippen molar-refractivity contribution >= 4 is 37.7 Å². The Bertz CT molecular complexity index is 241. The third-order valence-electron chi connectivity index (χ3n) is 2.82. The summed E-state index contributed by atoms with van der Waals surface area (Å²) in [5, 5.41) is 0. The molecule has 160 valence electrons. The first-order valence-corrected chi connectivity index (χ1v) is 10.1. The van der Waals surface area contributed by atoms with Crippen LogP contribution in [-0.2, 0) is 27.9 Å². The van der Waals surface area contributed by atoms with Gasteiger partial charge < -0.3 is 27.9 Å². The summed E-state index contributed by atoms with van der Waals surface area (Å²) < 4.78 is 33.1. The van der Waals surface area contributed by atoms with Crippen molar-refractivity contribution in [3.8, 4) is 0 Å². The van der Waals surface area contributed by atoms with Crippen LogP contribution in [0.2, 0.25) is 0 Å². The van der Waals surface area contributed by atoms with Crippen molar-refractivity contribution in [1.82, 2.24) is 0 Å². The molecule has 0 aromatic heterocycles. The fourth-order valence-corrected chi connectivity index (χ4v) is 1.87. The van der Waals surface area contributed by atoms with Gasteiger partial charge in [0.25, 0.3) is 0 Å². The molecular weight excluding hydrogens is 358 g/mol. The van der Waals surface area contributed by atoms with E-state index < -0.39 is 14.6 Å². The summed E-state index contributed by atoms with van der Waals surface area (Å²) in [6.45, 7) is 23.8. The fraction of sp³-hybridized carbons (Fsp3) is 1.00. The summed E-state index contributed by atoms with van der Waals surface area (Å²) in [6, 6.07) is 0. The maximum atomic E-state index is 5.51. The zero-order valence-electron chi connectivity index (χ0n) is 20.0. The standard InChI is InChI=1S/2C9H22BO3.Mg/c2*1-7(2)11-10(12-8(3)4)13-9(5)6;/h2*7-10H,1-6H3;/q2*-1;+2. The molecule has 6 nitrogen and oxygen atoms in total. The Labute approximate surface area is 185 Å². The van der Waals surface area contributed by atoms with Gasteiger partial charge in [-0.05, 0) is 83.1 Å². The first-order chi connectivity index (χ1) is 11.8. The first-order valence-electron chi connectivity index (χ1n) is 10.1. The largest absolute Gasteiger partial charge is 2.00 e. The SMILES string of the molecule is CC(C)O[BH-](OC(C)C)OC(C)C.CC(C)O[BH-](OC(C)C)OC(C)C.[Mg+2]. The molecule has 0 aliphatic rings. The minimum absolute atomic E-state index is 0. The van der Waals surface area contributed by atoms with Gasteiger partial charge in [0.1, 0.15) is 0 Å². The molecule has 0 rings (SSSR count). The zero-order chi connectivity index (χ0) is 20.9. The minimum atomic E-state index is -1.36. The van der Waals surface area contributed by atoms with Gasteiger partial charge in [-0.15, -0.1) is 0 Å². The van der Waals surface area contributed by atoms with Gasteiger partial charge in [-0.1, -0.05) is 0 Å². The number of rotatable bonds is 12. The van der Waals surface area contributed by atoms with Crippen molar-refractivity contribution in [2.75, 3.05) is 0 Å². The monoisotopic (exact) mass is 402 g/mol. The van der Waals surface area contributed by atoms with Crippen LogP contribution in [0.3, 0.4) is 0 Å². The topological polar surface area (TPSA) is 55.4 Å². The van der Waals surface area contributed by atoms with Crippen molar-refractivity contribution in [2.24, 2.45) is 0 Å². The molecule has 0 unspecified atom stereocenters. The van der Waals surface area contributed by atoms with Gasteiger partial charge in [0, 0.05) is 36.6 Å². The summed E-state index contributed by atoms with van der Waals surface area (Å²) >= 11 is 0. The van der Waals surface area contributed by atoms with Crippen LogP contribution in [0.5, 0.6) is 0 Å². The Morgan fingerprint density at radius 3 is 0.519 bits per heavy atom. The molecule has 0 heterocycles. The predicted molar refractivity (Wildman–Crippen MR) is 117 cm³/mol. The molecule has 27 heavy (non-hydrogen) atoms. The molecular formula is C18H44B2MgO6. The van der Waals surface area contributed by atoms with E-state index >= 15 is 0 Å². The number of hydrogen-bond donors (Lipinski definition) is 0. The average Bonchev–Trinajstić information content (AvgIpc) is 2.33. The predicted octanol–water partition coefficient (Wildman–Crippen LogP) is 3.58. The van der Waals surface area contributed by atoms with Gasteiger partial charge in [-0.2, -0.15) is 0 Å². The van der Waals surface area contributed by atoms with Crippen LogP contribution in [-0.4, -0.2) is 74.3 Å². The van der Waals surface area contributed by atoms with E-state index in [2.05, 4.69) is 0 Å². The number of hydrogen-bond acceptors (Lipinski definition) is 6. The Hall–Kier alpha value is 0.656. The Morgan fingerprint density at radius 1 is 0.333 bits per heavy atom. The van der Waals surface area contributed by atoms with E-state index in [4.69, 9.17) is 27.9 Å². The average molecular weight is 402 g/mol. The third-order valence-corrected chi connectivity index (χ3v) is 2.82. The van der Waals surface area contributed by atoms with Crippen LogP contribution in [0.4, 0.5) is 0 Å². The zero-order valence-corrected chi connectivity index (χ0v) is 21.4. The maximum Gasteiger partial charge on any atom is 2.00 e.